The zero-order chi connectivity index (χ0) is 18.2. The quantitative estimate of drug-likeness (QED) is 0.607. The van der Waals surface area contributed by atoms with Crippen LogP contribution >= 0.6 is 0 Å². The van der Waals surface area contributed by atoms with Gasteiger partial charge in [-0.05, 0) is 35.2 Å². The Morgan fingerprint density at radius 1 is 0.792 bits per heavy atom. The Morgan fingerprint density at radius 2 is 1.21 bits per heavy atom. The van der Waals surface area contributed by atoms with E-state index in [1.807, 2.05) is 18.2 Å². The van der Waals surface area contributed by atoms with E-state index in [4.69, 9.17) is 24.5 Å². The fourth-order valence-corrected chi connectivity index (χ4v) is 1.72. The number of carboxylic acid groups (broad SMARTS) is 2. The van der Waals surface area contributed by atoms with Crippen LogP contribution in [0.1, 0.15) is 26.3 Å². The molecular formula is C18H20O6. The molecule has 0 spiro atoms. The molecule has 0 aliphatic carbocycles. The number of carbonyl (C=O) groups excluding carboxylic acids is 1. The van der Waals surface area contributed by atoms with Crippen molar-refractivity contribution in [3.8, 4) is 11.5 Å². The SMILES string of the molecule is CC(C)(C)c1ccc(OC(=O)Oc2ccccc2)cc1.O=C(O)O. The molecule has 2 rings (SSSR count). The molecule has 0 aliphatic heterocycles. The molecule has 24 heavy (non-hydrogen) atoms. The van der Waals surface area contributed by atoms with Crippen LogP contribution in [0.2, 0.25) is 0 Å². The van der Waals surface area contributed by atoms with Crippen LogP contribution < -0.4 is 9.47 Å². The topological polar surface area (TPSA) is 93.1 Å². The van der Waals surface area contributed by atoms with Crippen LogP contribution in [0.15, 0.2) is 54.6 Å². The molecule has 0 aliphatic rings. The summed E-state index contributed by atoms with van der Waals surface area (Å²) in [5.41, 5.74) is 1.25. The average molecular weight is 332 g/mol. The number of para-hydroxylation sites is 1. The summed E-state index contributed by atoms with van der Waals surface area (Å²) >= 11 is 0. The molecular weight excluding hydrogens is 312 g/mol. The van der Waals surface area contributed by atoms with Crippen molar-refractivity contribution < 1.29 is 29.3 Å². The number of hydrogen-bond donors (Lipinski definition) is 2. The summed E-state index contributed by atoms with van der Waals surface area (Å²) in [6.07, 6.45) is -2.57. The molecule has 0 radical (unpaired) electrons. The van der Waals surface area contributed by atoms with Crippen molar-refractivity contribution in [1.82, 2.24) is 0 Å². The van der Waals surface area contributed by atoms with Crippen LogP contribution in [0.5, 0.6) is 11.5 Å². The average Bonchev–Trinajstić information content (AvgIpc) is 2.47. The van der Waals surface area contributed by atoms with E-state index in [0.717, 1.165) is 0 Å². The minimum atomic E-state index is -1.83. The third-order valence-electron chi connectivity index (χ3n) is 2.87. The van der Waals surface area contributed by atoms with Crippen molar-refractivity contribution >= 4 is 12.3 Å². The normalized spacial score (nSPS) is 10.1. The van der Waals surface area contributed by atoms with E-state index in [2.05, 4.69) is 20.8 Å². The Kier molecular flexibility index (Phi) is 6.79. The molecule has 0 bridgehead atoms. The zero-order valence-electron chi connectivity index (χ0n) is 13.7. The van der Waals surface area contributed by atoms with E-state index in [0.29, 0.717) is 11.5 Å². The molecule has 0 aromatic heterocycles. The predicted octanol–water partition coefficient (Wildman–Crippen LogP) is 4.78. The Labute approximate surface area is 140 Å². The first kappa shape index (κ1) is 19.0. The zero-order valence-corrected chi connectivity index (χ0v) is 13.7. The van der Waals surface area contributed by atoms with Gasteiger partial charge in [-0.2, -0.15) is 0 Å². The molecule has 6 heteroatoms. The highest BCUT2D eigenvalue weighted by atomic mass is 16.7. The second-order valence-electron chi connectivity index (χ2n) is 5.82. The number of rotatable bonds is 2. The minimum absolute atomic E-state index is 0.0725. The molecule has 0 saturated carbocycles. The van der Waals surface area contributed by atoms with Gasteiger partial charge in [0.25, 0.3) is 0 Å². The van der Waals surface area contributed by atoms with E-state index in [-0.39, 0.29) is 5.41 Å². The molecule has 128 valence electrons. The van der Waals surface area contributed by atoms with Crippen LogP contribution in [0.25, 0.3) is 0 Å². The summed E-state index contributed by atoms with van der Waals surface area (Å²) in [6, 6.07) is 16.3. The van der Waals surface area contributed by atoms with E-state index in [9.17, 15) is 4.79 Å². The van der Waals surface area contributed by atoms with Gasteiger partial charge >= 0.3 is 12.3 Å². The van der Waals surface area contributed by atoms with E-state index in [1.165, 1.54) is 5.56 Å². The van der Waals surface area contributed by atoms with Crippen LogP contribution in [0.3, 0.4) is 0 Å². The lowest BCUT2D eigenvalue weighted by Crippen LogP contribution is -2.14. The molecule has 2 N–H and O–H groups in total. The van der Waals surface area contributed by atoms with Crippen LogP contribution in [0.4, 0.5) is 9.59 Å². The lowest BCUT2D eigenvalue weighted by Gasteiger charge is -2.18. The maximum Gasteiger partial charge on any atom is 0.519 e. The van der Waals surface area contributed by atoms with Crippen molar-refractivity contribution in [3.63, 3.8) is 0 Å². The van der Waals surface area contributed by atoms with Gasteiger partial charge in [-0.3, -0.25) is 0 Å². The molecule has 2 aromatic rings. The molecule has 0 heterocycles. The van der Waals surface area contributed by atoms with Gasteiger partial charge in [0.15, 0.2) is 0 Å². The number of carbonyl (C=O) groups is 2. The third-order valence-corrected chi connectivity index (χ3v) is 2.87. The van der Waals surface area contributed by atoms with Crippen molar-refractivity contribution in [2.24, 2.45) is 0 Å². The van der Waals surface area contributed by atoms with Crippen LogP contribution in [0, 0.1) is 0 Å². The van der Waals surface area contributed by atoms with Gasteiger partial charge in [-0.15, -0.1) is 0 Å². The smallest absolute Gasteiger partial charge is 0.450 e. The minimum Gasteiger partial charge on any atom is -0.450 e. The first-order valence-corrected chi connectivity index (χ1v) is 7.15. The van der Waals surface area contributed by atoms with E-state index in [1.54, 1.807) is 36.4 Å². The van der Waals surface area contributed by atoms with Gasteiger partial charge in [0.2, 0.25) is 0 Å². The Hall–Kier alpha value is -3.02. The summed E-state index contributed by atoms with van der Waals surface area (Å²) < 4.78 is 10.2. The maximum absolute atomic E-state index is 11.6. The van der Waals surface area contributed by atoms with Crippen molar-refractivity contribution in [3.05, 3.63) is 60.2 Å². The van der Waals surface area contributed by atoms with E-state index >= 15 is 0 Å². The Morgan fingerprint density at radius 3 is 1.62 bits per heavy atom. The fraction of sp³-hybridized carbons (Fsp3) is 0.222. The number of ether oxygens (including phenoxy) is 2. The number of hydrogen-bond acceptors (Lipinski definition) is 4. The summed E-state index contributed by atoms with van der Waals surface area (Å²) in [5.74, 6) is 0.933. The molecule has 0 fully saturated rings. The summed E-state index contributed by atoms with van der Waals surface area (Å²) in [7, 11) is 0. The van der Waals surface area contributed by atoms with Gasteiger partial charge in [0, 0.05) is 0 Å². The highest BCUT2D eigenvalue weighted by molar-refractivity contribution is 5.67. The van der Waals surface area contributed by atoms with Crippen molar-refractivity contribution in [1.29, 1.82) is 0 Å². The fourth-order valence-electron chi connectivity index (χ4n) is 1.72. The molecule has 0 saturated heterocycles. The standard InChI is InChI=1S/C17H18O3.CH2O3/c1-17(2,3)13-9-11-15(12-10-13)20-16(18)19-14-7-5-4-6-8-14;2-1(3)4/h4-12H,1-3H3;(H2,2,3,4). The third kappa shape index (κ3) is 7.31. The molecule has 0 unspecified atom stereocenters. The first-order valence-electron chi connectivity index (χ1n) is 7.15. The lowest BCUT2D eigenvalue weighted by atomic mass is 9.87. The highest BCUT2D eigenvalue weighted by Crippen LogP contribution is 2.24. The van der Waals surface area contributed by atoms with Gasteiger partial charge < -0.3 is 19.7 Å². The first-order chi connectivity index (χ1) is 11.2. The largest absolute Gasteiger partial charge is 0.519 e. The Bertz CT molecular complexity index is 652. The lowest BCUT2D eigenvalue weighted by molar-refractivity contribution is 0.136. The second kappa shape index (κ2) is 8.57. The Balaban J connectivity index is 0.000000648. The van der Waals surface area contributed by atoms with Gasteiger partial charge in [-0.1, -0.05) is 51.1 Å². The summed E-state index contributed by atoms with van der Waals surface area (Å²) in [4.78, 5) is 20.2. The monoisotopic (exact) mass is 332 g/mol. The van der Waals surface area contributed by atoms with Gasteiger partial charge in [0.1, 0.15) is 11.5 Å². The molecule has 0 atom stereocenters. The van der Waals surface area contributed by atoms with Crippen LogP contribution in [-0.4, -0.2) is 22.5 Å². The number of benzene rings is 2. The van der Waals surface area contributed by atoms with Crippen molar-refractivity contribution in [2.45, 2.75) is 26.2 Å². The molecule has 6 nitrogen and oxygen atoms in total. The van der Waals surface area contributed by atoms with Gasteiger partial charge in [0.05, 0.1) is 0 Å². The molecule has 2 aromatic carbocycles. The van der Waals surface area contributed by atoms with Crippen LogP contribution in [-0.2, 0) is 5.41 Å². The van der Waals surface area contributed by atoms with E-state index < -0.39 is 12.3 Å². The molecule has 0 amide bonds. The van der Waals surface area contributed by atoms with Crippen molar-refractivity contribution in [2.75, 3.05) is 0 Å². The second-order valence-corrected chi connectivity index (χ2v) is 5.82. The summed E-state index contributed by atoms with van der Waals surface area (Å²) in [5, 5.41) is 13.9. The predicted molar refractivity (Wildman–Crippen MR) is 88.9 cm³/mol. The highest BCUT2D eigenvalue weighted by Gasteiger charge is 2.14. The summed E-state index contributed by atoms with van der Waals surface area (Å²) in [6.45, 7) is 6.39. The van der Waals surface area contributed by atoms with Gasteiger partial charge in [-0.25, -0.2) is 9.59 Å². The maximum atomic E-state index is 11.6.